The van der Waals surface area contributed by atoms with E-state index in [4.69, 9.17) is 5.11 Å². The zero-order chi connectivity index (χ0) is 18.4. The first-order valence-corrected chi connectivity index (χ1v) is 8.00. The topological polar surface area (TPSA) is 124 Å². The lowest BCUT2D eigenvalue weighted by Crippen LogP contribution is -1.94. The summed E-state index contributed by atoms with van der Waals surface area (Å²) in [7, 11) is 1.74. The minimum absolute atomic E-state index is 0.0469. The summed E-state index contributed by atoms with van der Waals surface area (Å²) in [4.78, 5) is 10.3. The molecule has 0 heterocycles. The van der Waals surface area contributed by atoms with Crippen LogP contribution in [0.4, 0.5) is 22.7 Å². The fraction of sp³-hybridized carbons (Fsp3) is 0.188. The fourth-order valence-corrected chi connectivity index (χ4v) is 2.66. The highest BCUT2D eigenvalue weighted by molar-refractivity contribution is 9.10. The molecule has 0 atom stereocenters. The molecule has 9 heteroatoms. The summed E-state index contributed by atoms with van der Waals surface area (Å²) in [5, 5.41) is 40.3. The molecule has 0 bridgehead atoms. The number of nitrogens with one attached hydrogen (secondary N) is 1. The van der Waals surface area contributed by atoms with Gasteiger partial charge in [-0.3, -0.25) is 10.1 Å². The van der Waals surface area contributed by atoms with Crippen LogP contribution in [-0.2, 0) is 6.42 Å². The lowest BCUT2D eigenvalue weighted by molar-refractivity contribution is -0.384. The summed E-state index contributed by atoms with van der Waals surface area (Å²) in [6.07, 6.45) is 0.526. The maximum atomic E-state index is 10.9. The molecule has 2 rings (SSSR count). The van der Waals surface area contributed by atoms with Crippen molar-refractivity contribution >= 4 is 38.7 Å². The highest BCUT2D eigenvalue weighted by atomic mass is 79.9. The van der Waals surface area contributed by atoms with E-state index < -0.39 is 4.92 Å². The second kappa shape index (κ2) is 8.32. The molecular formula is C16H14BrN5O3. The largest absolute Gasteiger partial charge is 0.396 e. The van der Waals surface area contributed by atoms with Crippen molar-refractivity contribution in [2.75, 3.05) is 19.0 Å². The molecule has 0 aliphatic rings. The van der Waals surface area contributed by atoms with E-state index >= 15 is 0 Å². The number of azo groups is 1. The Balaban J connectivity index is 2.43. The predicted octanol–water partition coefficient (Wildman–Crippen LogP) is 4.22. The number of hydrogen-bond donors (Lipinski definition) is 2. The smallest absolute Gasteiger partial charge is 0.272 e. The van der Waals surface area contributed by atoms with E-state index in [1.807, 2.05) is 18.2 Å². The van der Waals surface area contributed by atoms with Gasteiger partial charge in [0.15, 0.2) is 0 Å². The summed E-state index contributed by atoms with van der Waals surface area (Å²) in [6.45, 7) is 0.0469. The van der Waals surface area contributed by atoms with Gasteiger partial charge in [-0.05, 0) is 40.0 Å². The van der Waals surface area contributed by atoms with Crippen molar-refractivity contribution in [3.05, 3.63) is 56.0 Å². The van der Waals surface area contributed by atoms with Gasteiger partial charge in [-0.2, -0.15) is 5.26 Å². The van der Waals surface area contributed by atoms with Crippen LogP contribution in [0.5, 0.6) is 0 Å². The summed E-state index contributed by atoms with van der Waals surface area (Å²) in [5.41, 5.74) is 2.26. The van der Waals surface area contributed by atoms with Crippen molar-refractivity contribution < 1.29 is 10.0 Å². The third-order valence-electron chi connectivity index (χ3n) is 3.37. The summed E-state index contributed by atoms with van der Waals surface area (Å²) < 4.78 is 0.310. The van der Waals surface area contributed by atoms with E-state index in [-0.39, 0.29) is 23.5 Å². The molecule has 0 saturated carbocycles. The zero-order valence-corrected chi connectivity index (χ0v) is 14.8. The number of nitro groups is 1. The first-order valence-electron chi connectivity index (χ1n) is 7.21. The molecule has 0 aliphatic heterocycles. The monoisotopic (exact) mass is 403 g/mol. The van der Waals surface area contributed by atoms with E-state index in [0.717, 1.165) is 11.6 Å². The first kappa shape index (κ1) is 18.5. The van der Waals surface area contributed by atoms with Crippen LogP contribution < -0.4 is 5.32 Å². The van der Waals surface area contributed by atoms with E-state index in [1.54, 1.807) is 13.1 Å². The fourth-order valence-electron chi connectivity index (χ4n) is 2.14. The molecule has 0 saturated heterocycles. The average molecular weight is 404 g/mol. The maximum absolute atomic E-state index is 10.9. The Morgan fingerprint density at radius 1 is 1.36 bits per heavy atom. The number of benzene rings is 2. The third kappa shape index (κ3) is 4.37. The highest BCUT2D eigenvalue weighted by Crippen LogP contribution is 2.35. The standard InChI is InChI=1S/C16H14BrN5O3/c1-19-15-6-10(4-5-23)2-3-14(15)20-21-16-11(9-18)7-12(22(24)25)8-13(16)17/h2-3,6-8,19,23H,4-5H2,1H3. The average Bonchev–Trinajstić information content (AvgIpc) is 2.60. The van der Waals surface area contributed by atoms with E-state index in [0.29, 0.717) is 22.3 Å². The van der Waals surface area contributed by atoms with Gasteiger partial charge in [0.1, 0.15) is 17.4 Å². The van der Waals surface area contributed by atoms with Crippen LogP contribution in [0.15, 0.2) is 45.0 Å². The number of non-ortho nitro benzene ring substituents is 1. The molecule has 0 amide bonds. The SMILES string of the molecule is CNc1cc(CCO)ccc1N=Nc1c(Br)cc([N+](=O)[O-])cc1C#N. The number of hydrogen-bond acceptors (Lipinski definition) is 7. The van der Waals surface area contributed by atoms with Gasteiger partial charge in [0, 0.05) is 25.8 Å². The quantitative estimate of drug-likeness (QED) is 0.424. The van der Waals surface area contributed by atoms with E-state index in [1.165, 1.54) is 6.07 Å². The van der Waals surface area contributed by atoms with Crippen LogP contribution in [0.25, 0.3) is 0 Å². The molecule has 0 aliphatic carbocycles. The van der Waals surface area contributed by atoms with Gasteiger partial charge in [0.05, 0.1) is 20.6 Å². The molecule has 0 unspecified atom stereocenters. The van der Waals surface area contributed by atoms with Crippen LogP contribution in [0.3, 0.4) is 0 Å². The van der Waals surface area contributed by atoms with Gasteiger partial charge in [-0.1, -0.05) is 6.07 Å². The van der Waals surface area contributed by atoms with Crippen molar-refractivity contribution in [2.45, 2.75) is 6.42 Å². The number of anilines is 1. The second-order valence-corrected chi connectivity index (χ2v) is 5.82. The van der Waals surface area contributed by atoms with Crippen molar-refractivity contribution in [3.63, 3.8) is 0 Å². The number of nitro benzene ring substituents is 1. The number of halogens is 1. The van der Waals surface area contributed by atoms with Gasteiger partial charge in [0.25, 0.3) is 5.69 Å². The van der Waals surface area contributed by atoms with Crippen LogP contribution in [0.2, 0.25) is 0 Å². The minimum atomic E-state index is -0.578. The van der Waals surface area contributed by atoms with Gasteiger partial charge >= 0.3 is 0 Å². The molecule has 0 fully saturated rings. The van der Waals surface area contributed by atoms with Crippen LogP contribution in [0.1, 0.15) is 11.1 Å². The predicted molar refractivity (Wildman–Crippen MR) is 96.5 cm³/mol. The normalized spacial score (nSPS) is 10.6. The van der Waals surface area contributed by atoms with E-state index in [2.05, 4.69) is 31.5 Å². The van der Waals surface area contributed by atoms with Crippen LogP contribution in [0, 0.1) is 21.4 Å². The first-order chi connectivity index (χ1) is 12.0. The minimum Gasteiger partial charge on any atom is -0.396 e. The van der Waals surface area contributed by atoms with Crippen molar-refractivity contribution in [1.82, 2.24) is 0 Å². The summed E-state index contributed by atoms with van der Waals surface area (Å²) >= 11 is 3.20. The van der Waals surface area contributed by atoms with Crippen LogP contribution in [-0.4, -0.2) is 23.7 Å². The molecular weight excluding hydrogens is 390 g/mol. The van der Waals surface area contributed by atoms with E-state index in [9.17, 15) is 15.4 Å². The lowest BCUT2D eigenvalue weighted by Gasteiger charge is -2.07. The molecule has 0 aromatic heterocycles. The van der Waals surface area contributed by atoms with Gasteiger partial charge in [-0.25, -0.2) is 0 Å². The third-order valence-corrected chi connectivity index (χ3v) is 3.97. The lowest BCUT2D eigenvalue weighted by atomic mass is 10.1. The number of rotatable bonds is 6. The van der Waals surface area contributed by atoms with Crippen molar-refractivity contribution in [2.24, 2.45) is 10.2 Å². The number of aliphatic hydroxyl groups is 1. The summed E-state index contributed by atoms with van der Waals surface area (Å²) in [6, 6.07) is 9.73. The van der Waals surface area contributed by atoms with Crippen molar-refractivity contribution in [3.8, 4) is 6.07 Å². The van der Waals surface area contributed by atoms with Gasteiger partial charge in [0.2, 0.25) is 0 Å². The van der Waals surface area contributed by atoms with Crippen LogP contribution >= 0.6 is 15.9 Å². The van der Waals surface area contributed by atoms with Gasteiger partial charge < -0.3 is 10.4 Å². The molecule has 8 nitrogen and oxygen atoms in total. The molecule has 0 radical (unpaired) electrons. The molecule has 0 spiro atoms. The number of aliphatic hydroxyl groups excluding tert-OH is 1. The summed E-state index contributed by atoms with van der Waals surface area (Å²) in [5.74, 6) is 0. The number of nitrogens with zero attached hydrogens (tertiary/aromatic N) is 4. The van der Waals surface area contributed by atoms with Gasteiger partial charge in [-0.15, -0.1) is 10.2 Å². The Morgan fingerprint density at radius 3 is 2.72 bits per heavy atom. The Kier molecular flexibility index (Phi) is 6.16. The molecule has 2 aromatic carbocycles. The zero-order valence-electron chi connectivity index (χ0n) is 13.2. The second-order valence-electron chi connectivity index (χ2n) is 4.97. The number of nitriles is 1. The Bertz CT molecular complexity index is 877. The molecule has 2 N–H and O–H groups in total. The molecule has 2 aromatic rings. The molecule has 25 heavy (non-hydrogen) atoms. The van der Waals surface area contributed by atoms with Crippen molar-refractivity contribution in [1.29, 1.82) is 5.26 Å². The Morgan fingerprint density at radius 2 is 2.12 bits per heavy atom. The molecule has 128 valence electrons. The Labute approximate surface area is 152 Å². The highest BCUT2D eigenvalue weighted by Gasteiger charge is 2.15. The Hall–Kier alpha value is -2.83. The maximum Gasteiger partial charge on any atom is 0.272 e.